The number of amides is 1. The van der Waals surface area contributed by atoms with Crippen LogP contribution in [0.1, 0.15) is 29.1 Å². The first-order valence-corrected chi connectivity index (χ1v) is 9.58. The van der Waals surface area contributed by atoms with E-state index < -0.39 is 0 Å². The highest BCUT2D eigenvalue weighted by atomic mass is 35.5. The Balaban J connectivity index is 1.71. The van der Waals surface area contributed by atoms with Crippen molar-refractivity contribution in [3.05, 3.63) is 77.7 Å². The fraction of sp³-hybridized carbons (Fsp3) is 0.143. The SMILES string of the molecule is CC(NC(=O)c1cc(-c2ccc(Cl)cc2)nc(-c2cnn(C)c2)n1)c1ccncn1. The number of rotatable bonds is 5. The molecular formula is C21H18ClN7O. The summed E-state index contributed by atoms with van der Waals surface area (Å²) in [7, 11) is 1.81. The normalized spacial score (nSPS) is 11.8. The lowest BCUT2D eigenvalue weighted by Gasteiger charge is -2.13. The number of aryl methyl sites for hydroxylation is 1. The highest BCUT2D eigenvalue weighted by Gasteiger charge is 2.18. The van der Waals surface area contributed by atoms with E-state index in [9.17, 15) is 4.79 Å². The van der Waals surface area contributed by atoms with Crippen molar-refractivity contribution >= 4 is 17.5 Å². The van der Waals surface area contributed by atoms with Crippen LogP contribution < -0.4 is 5.32 Å². The van der Waals surface area contributed by atoms with Gasteiger partial charge in [0.05, 0.1) is 29.2 Å². The molecule has 0 bridgehead atoms. The van der Waals surface area contributed by atoms with Crippen LogP contribution in [0.4, 0.5) is 0 Å². The van der Waals surface area contributed by atoms with Gasteiger partial charge in [-0.2, -0.15) is 5.10 Å². The lowest BCUT2D eigenvalue weighted by atomic mass is 10.1. The van der Waals surface area contributed by atoms with Gasteiger partial charge in [0, 0.05) is 30.0 Å². The largest absolute Gasteiger partial charge is 0.343 e. The molecule has 4 aromatic rings. The maximum Gasteiger partial charge on any atom is 0.270 e. The number of nitrogens with zero attached hydrogens (tertiary/aromatic N) is 6. The van der Waals surface area contributed by atoms with E-state index in [2.05, 4.69) is 30.4 Å². The van der Waals surface area contributed by atoms with Crippen molar-refractivity contribution in [2.24, 2.45) is 7.05 Å². The minimum Gasteiger partial charge on any atom is -0.343 e. The molecule has 0 aliphatic heterocycles. The molecule has 1 aromatic carbocycles. The first-order chi connectivity index (χ1) is 14.5. The molecule has 1 N–H and O–H groups in total. The van der Waals surface area contributed by atoms with E-state index in [1.807, 2.05) is 26.1 Å². The molecule has 9 heteroatoms. The van der Waals surface area contributed by atoms with Crippen LogP contribution >= 0.6 is 11.6 Å². The topological polar surface area (TPSA) is 98.5 Å². The Bertz CT molecular complexity index is 1180. The molecule has 0 spiro atoms. The van der Waals surface area contributed by atoms with Gasteiger partial charge in [-0.3, -0.25) is 9.48 Å². The molecule has 3 aromatic heterocycles. The first-order valence-electron chi connectivity index (χ1n) is 9.20. The van der Waals surface area contributed by atoms with Crippen LogP contribution in [0.3, 0.4) is 0 Å². The minimum absolute atomic E-state index is 0.245. The molecule has 30 heavy (non-hydrogen) atoms. The number of hydrogen-bond donors (Lipinski definition) is 1. The Morgan fingerprint density at radius 3 is 2.60 bits per heavy atom. The molecule has 0 saturated carbocycles. The fourth-order valence-corrected chi connectivity index (χ4v) is 3.03. The number of carbonyl (C=O) groups excluding carboxylic acids is 1. The molecule has 0 aliphatic rings. The second-order valence-electron chi connectivity index (χ2n) is 6.70. The van der Waals surface area contributed by atoms with Crippen molar-refractivity contribution in [2.45, 2.75) is 13.0 Å². The van der Waals surface area contributed by atoms with E-state index in [1.54, 1.807) is 47.5 Å². The number of hydrogen-bond acceptors (Lipinski definition) is 6. The van der Waals surface area contributed by atoms with Gasteiger partial charge in [0.2, 0.25) is 0 Å². The number of aromatic nitrogens is 6. The molecule has 1 unspecified atom stereocenters. The minimum atomic E-state index is -0.330. The fourth-order valence-electron chi connectivity index (χ4n) is 2.90. The summed E-state index contributed by atoms with van der Waals surface area (Å²) in [6, 6.07) is 10.4. The zero-order chi connectivity index (χ0) is 21.1. The summed E-state index contributed by atoms with van der Waals surface area (Å²) in [4.78, 5) is 30.2. The van der Waals surface area contributed by atoms with Crippen molar-refractivity contribution in [2.75, 3.05) is 0 Å². The Morgan fingerprint density at radius 1 is 1.13 bits per heavy atom. The summed E-state index contributed by atoms with van der Waals surface area (Å²) in [5.41, 5.74) is 3.10. The predicted octanol–water partition coefficient (Wildman–Crippen LogP) is 3.48. The Labute approximate surface area is 178 Å². The number of halogens is 1. The third kappa shape index (κ3) is 4.33. The van der Waals surface area contributed by atoms with Crippen LogP contribution in [0, 0.1) is 0 Å². The van der Waals surface area contributed by atoms with E-state index in [0.29, 0.717) is 27.8 Å². The van der Waals surface area contributed by atoms with Gasteiger partial charge in [-0.1, -0.05) is 23.7 Å². The average molecular weight is 420 g/mol. The van der Waals surface area contributed by atoms with Gasteiger partial charge in [0.1, 0.15) is 12.0 Å². The first kappa shape index (κ1) is 19.7. The third-order valence-corrected chi connectivity index (χ3v) is 4.71. The van der Waals surface area contributed by atoms with Gasteiger partial charge < -0.3 is 5.32 Å². The summed E-state index contributed by atoms with van der Waals surface area (Å²) in [5, 5.41) is 7.72. The van der Waals surface area contributed by atoms with Crippen LogP contribution in [0.2, 0.25) is 5.02 Å². The summed E-state index contributed by atoms with van der Waals surface area (Å²) in [6.45, 7) is 1.85. The second kappa shape index (κ2) is 8.38. The van der Waals surface area contributed by atoms with E-state index in [-0.39, 0.29) is 17.6 Å². The Morgan fingerprint density at radius 2 is 1.93 bits per heavy atom. The van der Waals surface area contributed by atoms with Crippen molar-refractivity contribution in [3.8, 4) is 22.6 Å². The molecule has 0 aliphatic carbocycles. The highest BCUT2D eigenvalue weighted by Crippen LogP contribution is 2.24. The molecular weight excluding hydrogens is 402 g/mol. The molecule has 150 valence electrons. The molecule has 8 nitrogen and oxygen atoms in total. The van der Waals surface area contributed by atoms with Gasteiger partial charge in [0.15, 0.2) is 5.82 Å². The standard InChI is InChI=1S/C21H18ClN7O/c1-13(17-7-8-23-12-24-17)26-21(30)19-9-18(14-3-5-16(22)6-4-14)27-20(28-19)15-10-25-29(2)11-15/h3-13H,1-2H3,(H,26,30). The van der Waals surface area contributed by atoms with E-state index in [1.165, 1.54) is 6.33 Å². The Kier molecular flexibility index (Phi) is 5.49. The van der Waals surface area contributed by atoms with Gasteiger partial charge >= 0.3 is 0 Å². The summed E-state index contributed by atoms with van der Waals surface area (Å²) >= 11 is 6.01. The van der Waals surface area contributed by atoms with E-state index >= 15 is 0 Å². The predicted molar refractivity (Wildman–Crippen MR) is 113 cm³/mol. The highest BCUT2D eigenvalue weighted by molar-refractivity contribution is 6.30. The molecule has 0 saturated heterocycles. The van der Waals surface area contributed by atoms with E-state index in [4.69, 9.17) is 11.6 Å². The van der Waals surface area contributed by atoms with E-state index in [0.717, 1.165) is 5.56 Å². The number of nitrogens with one attached hydrogen (secondary N) is 1. The molecule has 1 amide bonds. The van der Waals surface area contributed by atoms with Crippen molar-refractivity contribution in [1.82, 2.24) is 35.0 Å². The quantitative estimate of drug-likeness (QED) is 0.531. The lowest BCUT2D eigenvalue weighted by molar-refractivity contribution is 0.0934. The average Bonchev–Trinajstić information content (AvgIpc) is 3.21. The number of benzene rings is 1. The Hall–Kier alpha value is -3.65. The molecule has 0 radical (unpaired) electrons. The molecule has 4 rings (SSSR count). The van der Waals surface area contributed by atoms with Gasteiger partial charge in [-0.15, -0.1) is 0 Å². The third-order valence-electron chi connectivity index (χ3n) is 4.46. The lowest BCUT2D eigenvalue weighted by Crippen LogP contribution is -2.28. The van der Waals surface area contributed by atoms with Crippen LogP contribution in [0.15, 0.2) is 61.3 Å². The monoisotopic (exact) mass is 419 g/mol. The van der Waals surface area contributed by atoms with Gasteiger partial charge in [0.25, 0.3) is 5.91 Å². The molecule has 1 atom stereocenters. The van der Waals surface area contributed by atoms with Crippen LogP contribution in [0.5, 0.6) is 0 Å². The maximum atomic E-state index is 13.0. The molecule has 0 fully saturated rings. The van der Waals surface area contributed by atoms with Crippen molar-refractivity contribution in [3.63, 3.8) is 0 Å². The molecule has 3 heterocycles. The van der Waals surface area contributed by atoms with Crippen LogP contribution in [0.25, 0.3) is 22.6 Å². The van der Waals surface area contributed by atoms with Crippen molar-refractivity contribution < 1.29 is 4.79 Å². The van der Waals surface area contributed by atoms with Crippen LogP contribution in [-0.4, -0.2) is 35.6 Å². The zero-order valence-corrected chi connectivity index (χ0v) is 17.1. The van der Waals surface area contributed by atoms with Crippen LogP contribution in [-0.2, 0) is 7.05 Å². The summed E-state index contributed by atoms with van der Waals surface area (Å²) in [5.74, 6) is 0.0826. The maximum absolute atomic E-state index is 13.0. The number of carbonyl (C=O) groups is 1. The summed E-state index contributed by atoms with van der Waals surface area (Å²) in [6.07, 6.45) is 6.54. The zero-order valence-electron chi connectivity index (χ0n) is 16.3. The van der Waals surface area contributed by atoms with Gasteiger partial charge in [-0.25, -0.2) is 19.9 Å². The van der Waals surface area contributed by atoms with Crippen molar-refractivity contribution in [1.29, 1.82) is 0 Å². The smallest absolute Gasteiger partial charge is 0.270 e. The summed E-state index contributed by atoms with van der Waals surface area (Å²) < 4.78 is 1.66. The van der Waals surface area contributed by atoms with Gasteiger partial charge in [-0.05, 0) is 31.2 Å². The second-order valence-corrected chi connectivity index (χ2v) is 7.14.